The minimum Gasteiger partial charge on any atom is -0.381 e. The Balaban J connectivity index is 2.17. The molecule has 0 aromatic heterocycles. The lowest BCUT2D eigenvalue weighted by molar-refractivity contribution is -0.143. The van der Waals surface area contributed by atoms with Crippen molar-refractivity contribution in [3.63, 3.8) is 0 Å². The summed E-state index contributed by atoms with van der Waals surface area (Å²) in [6.07, 6.45) is 2.13. The van der Waals surface area contributed by atoms with Crippen LogP contribution in [0.1, 0.15) is 38.7 Å². The molecular weight excluding hydrogens is 264 g/mol. The van der Waals surface area contributed by atoms with Crippen molar-refractivity contribution in [2.24, 2.45) is 5.73 Å². The van der Waals surface area contributed by atoms with E-state index in [-0.39, 0.29) is 11.9 Å². The molecule has 1 fully saturated rings. The number of nitrogens with zero attached hydrogens (tertiary/aromatic N) is 1. The molecule has 0 saturated carbocycles. The van der Waals surface area contributed by atoms with Crippen LogP contribution in [0.4, 0.5) is 0 Å². The molecule has 21 heavy (non-hydrogen) atoms. The third-order valence-electron chi connectivity index (χ3n) is 4.39. The molecule has 2 rings (SSSR count). The van der Waals surface area contributed by atoms with Gasteiger partial charge in [-0.3, -0.25) is 4.79 Å². The molecule has 1 saturated heterocycles. The first-order valence-corrected chi connectivity index (χ1v) is 7.78. The van der Waals surface area contributed by atoms with Crippen molar-refractivity contribution in [3.05, 3.63) is 35.9 Å². The van der Waals surface area contributed by atoms with Crippen LogP contribution in [0.2, 0.25) is 0 Å². The fourth-order valence-electron chi connectivity index (χ4n) is 2.66. The van der Waals surface area contributed by atoms with Crippen molar-refractivity contribution in [2.45, 2.75) is 51.2 Å². The highest BCUT2D eigenvalue weighted by Gasteiger charge is 2.40. The second-order valence-electron chi connectivity index (χ2n) is 5.94. The zero-order chi connectivity index (χ0) is 15.3. The van der Waals surface area contributed by atoms with Crippen molar-refractivity contribution in [1.82, 2.24) is 4.90 Å². The van der Waals surface area contributed by atoms with Gasteiger partial charge < -0.3 is 15.4 Å². The van der Waals surface area contributed by atoms with Gasteiger partial charge in [0.15, 0.2) is 0 Å². The van der Waals surface area contributed by atoms with Gasteiger partial charge in [-0.15, -0.1) is 0 Å². The second-order valence-corrected chi connectivity index (χ2v) is 5.94. The summed E-state index contributed by atoms with van der Waals surface area (Å²) in [5, 5.41) is 0. The Morgan fingerprint density at radius 2 is 1.95 bits per heavy atom. The van der Waals surface area contributed by atoms with Gasteiger partial charge >= 0.3 is 0 Å². The van der Waals surface area contributed by atoms with E-state index < -0.39 is 5.54 Å². The molecule has 1 unspecified atom stereocenters. The van der Waals surface area contributed by atoms with E-state index in [4.69, 9.17) is 10.5 Å². The highest BCUT2D eigenvalue weighted by Crippen LogP contribution is 2.23. The van der Waals surface area contributed by atoms with Gasteiger partial charge in [-0.25, -0.2) is 0 Å². The lowest BCUT2D eigenvalue weighted by atomic mass is 9.89. The molecule has 1 aliphatic rings. The number of hydrogen-bond donors (Lipinski definition) is 1. The van der Waals surface area contributed by atoms with E-state index in [1.165, 1.54) is 0 Å². The Labute approximate surface area is 127 Å². The number of hydrogen-bond acceptors (Lipinski definition) is 3. The van der Waals surface area contributed by atoms with Crippen molar-refractivity contribution >= 4 is 5.91 Å². The first-order valence-electron chi connectivity index (χ1n) is 7.78. The fraction of sp³-hybridized carbons (Fsp3) is 0.588. The summed E-state index contributed by atoms with van der Waals surface area (Å²) in [7, 11) is 0. The predicted molar refractivity (Wildman–Crippen MR) is 83.7 cm³/mol. The number of amides is 1. The minimum absolute atomic E-state index is 0.0593. The van der Waals surface area contributed by atoms with Crippen LogP contribution in [0, 0.1) is 0 Å². The highest BCUT2D eigenvalue weighted by molar-refractivity contribution is 5.86. The van der Waals surface area contributed by atoms with Crippen LogP contribution < -0.4 is 5.73 Å². The molecule has 1 amide bonds. The summed E-state index contributed by atoms with van der Waals surface area (Å²) in [4.78, 5) is 14.9. The molecule has 1 heterocycles. The molecule has 1 aromatic carbocycles. The van der Waals surface area contributed by atoms with Crippen LogP contribution in [0.5, 0.6) is 0 Å². The second kappa shape index (κ2) is 7.05. The number of ether oxygens (including phenoxy) is 1. The van der Waals surface area contributed by atoms with Gasteiger partial charge in [-0.05, 0) is 31.7 Å². The summed E-state index contributed by atoms with van der Waals surface area (Å²) < 4.78 is 5.35. The van der Waals surface area contributed by atoms with Gasteiger partial charge in [0.2, 0.25) is 5.91 Å². The Morgan fingerprint density at radius 1 is 1.33 bits per heavy atom. The van der Waals surface area contributed by atoms with E-state index in [0.29, 0.717) is 32.6 Å². The van der Waals surface area contributed by atoms with E-state index in [1.807, 2.05) is 23.1 Å². The molecule has 4 nitrogen and oxygen atoms in total. The summed E-state index contributed by atoms with van der Waals surface area (Å²) in [5.41, 5.74) is 6.75. The molecular formula is C17H26N2O2. The maximum atomic E-state index is 13.0. The molecule has 0 bridgehead atoms. The average molecular weight is 290 g/mol. The molecule has 1 aromatic rings. The van der Waals surface area contributed by atoms with Gasteiger partial charge in [0.25, 0.3) is 0 Å². The van der Waals surface area contributed by atoms with E-state index in [1.54, 1.807) is 0 Å². The average Bonchev–Trinajstić information content (AvgIpc) is 2.53. The zero-order valence-corrected chi connectivity index (χ0v) is 13.0. The molecule has 0 radical (unpaired) electrons. The zero-order valence-electron chi connectivity index (χ0n) is 13.0. The number of rotatable bonds is 5. The van der Waals surface area contributed by atoms with Crippen LogP contribution in [0.3, 0.4) is 0 Å². The lowest BCUT2D eigenvalue weighted by Gasteiger charge is -2.39. The Kier molecular flexibility index (Phi) is 5.37. The smallest absolute Gasteiger partial charge is 0.243 e. The topological polar surface area (TPSA) is 55.6 Å². The van der Waals surface area contributed by atoms with Gasteiger partial charge in [-0.1, -0.05) is 37.3 Å². The van der Waals surface area contributed by atoms with Crippen LogP contribution in [0.25, 0.3) is 0 Å². The van der Waals surface area contributed by atoms with Crippen molar-refractivity contribution in [2.75, 3.05) is 13.2 Å². The standard InChI is InChI=1S/C17H26N2O2/c1-3-14(2)19(13-15-7-5-4-6-8-15)16(20)17(18)9-11-21-12-10-17/h4-8,14H,3,9-13,18H2,1-2H3. The van der Waals surface area contributed by atoms with Crippen LogP contribution in [0.15, 0.2) is 30.3 Å². The maximum absolute atomic E-state index is 13.0. The number of carbonyl (C=O) groups excluding carboxylic acids is 1. The molecule has 1 aliphatic heterocycles. The van der Waals surface area contributed by atoms with Gasteiger partial charge in [0.05, 0.1) is 5.54 Å². The van der Waals surface area contributed by atoms with Gasteiger partial charge in [-0.2, -0.15) is 0 Å². The van der Waals surface area contributed by atoms with Crippen molar-refractivity contribution < 1.29 is 9.53 Å². The first-order chi connectivity index (χ1) is 10.1. The van der Waals surface area contributed by atoms with Crippen molar-refractivity contribution in [3.8, 4) is 0 Å². The third kappa shape index (κ3) is 3.83. The molecule has 0 aliphatic carbocycles. The predicted octanol–water partition coefficient (Wildman–Crippen LogP) is 2.32. The van der Waals surface area contributed by atoms with Gasteiger partial charge in [0, 0.05) is 25.8 Å². The van der Waals surface area contributed by atoms with E-state index >= 15 is 0 Å². The lowest BCUT2D eigenvalue weighted by Crippen LogP contribution is -2.59. The van der Waals surface area contributed by atoms with Crippen LogP contribution in [-0.2, 0) is 16.1 Å². The van der Waals surface area contributed by atoms with Gasteiger partial charge in [0.1, 0.15) is 0 Å². The molecule has 116 valence electrons. The first kappa shape index (κ1) is 16.0. The SMILES string of the molecule is CCC(C)N(Cc1ccccc1)C(=O)C1(N)CCOCC1. The van der Waals surface area contributed by atoms with Crippen LogP contribution in [-0.4, -0.2) is 35.6 Å². The minimum atomic E-state index is -0.767. The van der Waals surface area contributed by atoms with E-state index in [2.05, 4.69) is 26.0 Å². The molecule has 0 spiro atoms. The van der Waals surface area contributed by atoms with Crippen molar-refractivity contribution in [1.29, 1.82) is 0 Å². The summed E-state index contributed by atoms with van der Waals surface area (Å²) in [6, 6.07) is 10.3. The summed E-state index contributed by atoms with van der Waals surface area (Å²) in [5.74, 6) is 0.0593. The van der Waals surface area contributed by atoms with Crippen LogP contribution >= 0.6 is 0 Å². The third-order valence-corrected chi connectivity index (χ3v) is 4.39. The Bertz CT molecular complexity index is 455. The number of nitrogens with two attached hydrogens (primary N) is 1. The monoisotopic (exact) mass is 290 g/mol. The molecule has 2 N–H and O–H groups in total. The highest BCUT2D eigenvalue weighted by atomic mass is 16.5. The number of benzene rings is 1. The Morgan fingerprint density at radius 3 is 2.52 bits per heavy atom. The Hall–Kier alpha value is -1.39. The van der Waals surface area contributed by atoms with E-state index in [9.17, 15) is 4.79 Å². The molecule has 4 heteroatoms. The normalized spacial score (nSPS) is 19.0. The summed E-state index contributed by atoms with van der Waals surface area (Å²) in [6.45, 7) is 5.95. The molecule has 1 atom stereocenters. The quantitative estimate of drug-likeness (QED) is 0.905. The maximum Gasteiger partial charge on any atom is 0.243 e. The fourth-order valence-corrected chi connectivity index (χ4v) is 2.66. The summed E-state index contributed by atoms with van der Waals surface area (Å²) >= 11 is 0. The largest absolute Gasteiger partial charge is 0.381 e. The number of carbonyl (C=O) groups is 1. The van der Waals surface area contributed by atoms with E-state index in [0.717, 1.165) is 12.0 Å².